The van der Waals surface area contributed by atoms with E-state index in [1.54, 1.807) is 35.6 Å². The predicted octanol–water partition coefficient (Wildman–Crippen LogP) is 7.87. The third kappa shape index (κ3) is 4.51. The van der Waals surface area contributed by atoms with E-state index in [4.69, 9.17) is 9.72 Å². The number of aromatic nitrogens is 1. The second-order valence-corrected chi connectivity index (χ2v) is 13.7. The highest BCUT2D eigenvalue weighted by Gasteiger charge is 2.60. The molecule has 0 amide bonds. The quantitative estimate of drug-likeness (QED) is 0.342. The molecule has 6 atom stereocenters. The van der Waals surface area contributed by atoms with Gasteiger partial charge in [0, 0.05) is 17.5 Å². The Morgan fingerprint density at radius 1 is 1.13 bits per heavy atom. The molecule has 208 valence electrons. The molecule has 1 aromatic heterocycles. The van der Waals surface area contributed by atoms with Gasteiger partial charge in [-0.3, -0.25) is 4.79 Å². The number of carboxylic acid groups (broad SMARTS) is 1. The maximum Gasteiger partial charge on any atom is 0.335 e. The number of fused-ring (bicyclic) bond motifs is 7. The smallest absolute Gasteiger partial charge is 0.335 e. The van der Waals surface area contributed by atoms with E-state index in [1.807, 2.05) is 0 Å². The number of hydrogen-bond acceptors (Lipinski definition) is 6. The second-order valence-electron chi connectivity index (χ2n) is 12.7. The molecule has 1 aromatic carbocycles. The Hall–Kier alpha value is -2.67. The monoisotopic (exact) mass is 548 g/mol. The number of hydrogen-bond donors (Lipinski definition) is 2. The highest BCUT2D eigenvalue weighted by atomic mass is 32.1. The number of allylic oxidation sites excluding steroid dienone is 2. The van der Waals surface area contributed by atoms with E-state index in [9.17, 15) is 14.7 Å². The molecule has 0 spiro atoms. The zero-order valence-corrected chi connectivity index (χ0v) is 24.1. The molecular formula is C32H40N2O4S. The minimum atomic E-state index is -0.919. The van der Waals surface area contributed by atoms with Gasteiger partial charge in [-0.05, 0) is 104 Å². The van der Waals surface area contributed by atoms with Crippen LogP contribution in [0.25, 0.3) is 5.57 Å². The maximum absolute atomic E-state index is 12.5. The van der Waals surface area contributed by atoms with Crippen LogP contribution in [0.3, 0.4) is 0 Å². The van der Waals surface area contributed by atoms with E-state index in [0.29, 0.717) is 24.2 Å². The summed E-state index contributed by atoms with van der Waals surface area (Å²) in [5, 5.41) is 13.5. The Bertz CT molecular complexity index is 1300. The first-order valence-corrected chi connectivity index (χ1v) is 15.5. The summed E-state index contributed by atoms with van der Waals surface area (Å²) in [6, 6.07) is 6.84. The van der Waals surface area contributed by atoms with Crippen LogP contribution in [0.4, 0.5) is 10.8 Å². The number of benzene rings is 1. The number of carboxylic acids is 1. The second kappa shape index (κ2) is 10.1. The van der Waals surface area contributed by atoms with Crippen molar-refractivity contribution in [3.8, 4) is 0 Å². The van der Waals surface area contributed by atoms with Crippen molar-refractivity contribution in [2.75, 3.05) is 5.32 Å². The molecule has 2 N–H and O–H groups in total. The van der Waals surface area contributed by atoms with E-state index in [1.165, 1.54) is 29.0 Å². The molecule has 6 nitrogen and oxygen atoms in total. The standard InChI is InChI=1S/C32H40N2O4S/c1-4-5-6-27(35)38-26-14-13-22-21-11-12-24-28-25(16-18-31(24,2)23(21)15-17-32(22,26)3)34-30(39-28)33-20-9-7-19(8-10-20)29(36)37/h7-10,12,21-23,26H,4-6,11,13-18H2,1-3H3,(H,33,34)(H,36,37)/t21-,22-,23-,26-,31+,32-/m0/s1. The van der Waals surface area contributed by atoms with E-state index < -0.39 is 5.97 Å². The van der Waals surface area contributed by atoms with Crippen molar-refractivity contribution in [3.05, 3.63) is 46.5 Å². The van der Waals surface area contributed by atoms with Gasteiger partial charge in [0.25, 0.3) is 0 Å². The van der Waals surface area contributed by atoms with Crippen molar-refractivity contribution in [1.82, 2.24) is 4.98 Å². The fourth-order valence-electron chi connectivity index (χ4n) is 8.43. The Balaban J connectivity index is 1.21. The molecule has 39 heavy (non-hydrogen) atoms. The normalized spacial score (nSPS) is 32.7. The Labute approximate surface area is 235 Å². The van der Waals surface area contributed by atoms with Crippen LogP contribution in [0, 0.1) is 28.6 Å². The molecule has 1 heterocycles. The van der Waals surface area contributed by atoms with E-state index >= 15 is 0 Å². The minimum absolute atomic E-state index is 0.00381. The van der Waals surface area contributed by atoms with E-state index in [2.05, 4.69) is 32.2 Å². The number of anilines is 2. The number of aromatic carboxylic acids is 1. The average Bonchev–Trinajstić information content (AvgIpc) is 3.47. The lowest BCUT2D eigenvalue weighted by Gasteiger charge is -2.56. The van der Waals surface area contributed by atoms with Crippen LogP contribution < -0.4 is 5.32 Å². The van der Waals surface area contributed by atoms with E-state index in [0.717, 1.165) is 55.8 Å². The van der Waals surface area contributed by atoms with Gasteiger partial charge in [0.05, 0.1) is 16.1 Å². The van der Waals surface area contributed by atoms with Gasteiger partial charge >= 0.3 is 11.9 Å². The fourth-order valence-corrected chi connectivity index (χ4v) is 9.64. The van der Waals surface area contributed by atoms with Crippen LogP contribution in [-0.2, 0) is 16.0 Å². The number of esters is 1. The van der Waals surface area contributed by atoms with Crippen molar-refractivity contribution < 1.29 is 19.4 Å². The third-order valence-corrected chi connectivity index (χ3v) is 11.6. The zero-order chi connectivity index (χ0) is 27.4. The first kappa shape index (κ1) is 26.5. The van der Waals surface area contributed by atoms with Crippen LogP contribution in [0.2, 0.25) is 0 Å². The summed E-state index contributed by atoms with van der Waals surface area (Å²) in [6.07, 6.45) is 12.8. The van der Waals surface area contributed by atoms with Crippen molar-refractivity contribution in [1.29, 1.82) is 0 Å². The lowest BCUT2D eigenvalue weighted by atomic mass is 9.48. The molecule has 0 bridgehead atoms. The largest absolute Gasteiger partial charge is 0.478 e. The third-order valence-electron chi connectivity index (χ3n) is 10.6. The lowest BCUT2D eigenvalue weighted by Crippen LogP contribution is -2.50. The number of thiazole rings is 1. The fraction of sp³-hybridized carbons (Fsp3) is 0.594. The summed E-state index contributed by atoms with van der Waals surface area (Å²) in [4.78, 5) is 30.0. The molecule has 0 saturated heterocycles. The summed E-state index contributed by atoms with van der Waals surface area (Å²) >= 11 is 1.73. The van der Waals surface area contributed by atoms with Gasteiger partial charge in [0.15, 0.2) is 5.13 Å². The Morgan fingerprint density at radius 2 is 1.92 bits per heavy atom. The Morgan fingerprint density at radius 3 is 2.67 bits per heavy atom. The summed E-state index contributed by atoms with van der Waals surface area (Å²) in [5.41, 5.74) is 4.06. The summed E-state index contributed by atoms with van der Waals surface area (Å²) in [7, 11) is 0. The first-order valence-electron chi connectivity index (χ1n) is 14.7. The highest BCUT2D eigenvalue weighted by Crippen LogP contribution is 2.66. The van der Waals surface area contributed by atoms with Gasteiger partial charge in [0.2, 0.25) is 0 Å². The number of aryl methyl sites for hydroxylation is 1. The van der Waals surface area contributed by atoms with Gasteiger partial charge in [-0.15, -0.1) is 0 Å². The predicted molar refractivity (Wildman–Crippen MR) is 154 cm³/mol. The maximum atomic E-state index is 12.5. The molecular weight excluding hydrogens is 508 g/mol. The van der Waals surface area contributed by atoms with E-state index in [-0.39, 0.29) is 28.5 Å². The summed E-state index contributed by atoms with van der Waals surface area (Å²) < 4.78 is 6.12. The summed E-state index contributed by atoms with van der Waals surface area (Å²) in [5.74, 6) is 0.994. The SMILES string of the molecule is CCCCC(=O)O[C@H]1CC[C@H]2[C@@H]3CC=C4c5sc(Nc6ccc(C(=O)O)cc6)nc5CC[C@]4(C)[C@H]3CC[C@]12C. The van der Waals surface area contributed by atoms with Crippen LogP contribution in [-0.4, -0.2) is 28.1 Å². The number of carbonyl (C=O) groups is 2. The van der Waals surface area contributed by atoms with Gasteiger partial charge in [0.1, 0.15) is 6.10 Å². The molecule has 2 fully saturated rings. The number of nitrogens with zero attached hydrogens (tertiary/aromatic N) is 1. The number of carbonyl (C=O) groups excluding carboxylic acids is 1. The first-order chi connectivity index (χ1) is 18.7. The molecule has 4 aliphatic carbocycles. The molecule has 2 aromatic rings. The molecule has 4 aliphatic rings. The van der Waals surface area contributed by atoms with Gasteiger partial charge < -0.3 is 15.2 Å². The number of nitrogens with one attached hydrogen (secondary N) is 1. The Kier molecular flexibility index (Phi) is 6.85. The molecule has 6 rings (SSSR count). The number of rotatable bonds is 7. The van der Waals surface area contributed by atoms with Crippen LogP contribution in [0.5, 0.6) is 0 Å². The molecule has 0 radical (unpaired) electrons. The summed E-state index contributed by atoms with van der Waals surface area (Å²) in [6.45, 7) is 7.02. The molecule has 2 saturated carbocycles. The highest BCUT2D eigenvalue weighted by molar-refractivity contribution is 7.16. The van der Waals surface area contributed by atoms with Crippen molar-refractivity contribution >= 4 is 39.7 Å². The minimum Gasteiger partial charge on any atom is -0.478 e. The molecule has 0 aliphatic heterocycles. The van der Waals surface area contributed by atoms with Crippen LogP contribution >= 0.6 is 11.3 Å². The van der Waals surface area contributed by atoms with Crippen molar-refractivity contribution in [2.24, 2.45) is 28.6 Å². The van der Waals surface area contributed by atoms with Gasteiger partial charge in [-0.2, -0.15) is 0 Å². The van der Waals surface area contributed by atoms with Crippen molar-refractivity contribution in [2.45, 2.75) is 91.1 Å². The zero-order valence-electron chi connectivity index (χ0n) is 23.3. The molecule has 0 unspecified atom stereocenters. The van der Waals surface area contributed by atoms with Crippen LogP contribution in [0.1, 0.15) is 99.5 Å². The molecule has 7 heteroatoms. The van der Waals surface area contributed by atoms with Crippen LogP contribution in [0.15, 0.2) is 30.3 Å². The topological polar surface area (TPSA) is 88.5 Å². The lowest BCUT2D eigenvalue weighted by molar-refractivity contribution is -0.159. The number of unbranched alkanes of at least 4 members (excludes halogenated alkanes) is 1. The average molecular weight is 549 g/mol. The van der Waals surface area contributed by atoms with Gasteiger partial charge in [-0.1, -0.05) is 44.6 Å². The van der Waals surface area contributed by atoms with Crippen molar-refractivity contribution in [3.63, 3.8) is 0 Å². The van der Waals surface area contributed by atoms with Gasteiger partial charge in [-0.25, -0.2) is 9.78 Å². The number of ether oxygens (including phenoxy) is 1.